The molecule has 0 spiro atoms. The van der Waals surface area contributed by atoms with Gasteiger partial charge in [-0.1, -0.05) is 59.8 Å². The molecule has 1 heteroatoms. The smallest absolute Gasteiger partial charge is 0.0339 e. The van der Waals surface area contributed by atoms with Gasteiger partial charge in [0.1, 0.15) is 0 Å². The summed E-state index contributed by atoms with van der Waals surface area (Å²) in [5.41, 5.74) is 1.26. The van der Waals surface area contributed by atoms with Crippen LogP contribution in [0.1, 0.15) is 118 Å². The highest BCUT2D eigenvalue weighted by Gasteiger charge is 2.60. The van der Waals surface area contributed by atoms with Gasteiger partial charge in [-0.25, -0.2) is 0 Å². The van der Waals surface area contributed by atoms with Crippen molar-refractivity contribution in [1.29, 1.82) is 0 Å². The predicted octanol–water partition coefficient (Wildman–Crippen LogP) is 8.86. The summed E-state index contributed by atoms with van der Waals surface area (Å²) in [6.07, 6.45) is 20.3. The molecular weight excluding hydrogens is 360 g/mol. The molecule has 162 valence electrons. The fourth-order valence-corrected chi connectivity index (χ4v) is 9.60. The van der Waals surface area contributed by atoms with Gasteiger partial charge < -0.3 is 0 Å². The van der Waals surface area contributed by atoms with Crippen LogP contribution in [0.3, 0.4) is 0 Å². The van der Waals surface area contributed by atoms with Crippen molar-refractivity contribution in [3.8, 4) is 0 Å². The van der Waals surface area contributed by atoms with Crippen molar-refractivity contribution in [2.45, 2.75) is 123 Å². The monoisotopic (exact) mass is 406 g/mol. The molecule has 0 aromatic rings. The van der Waals surface area contributed by atoms with Crippen molar-refractivity contribution in [2.75, 3.05) is 0 Å². The second-order valence-corrected chi connectivity index (χ2v) is 12.7. The molecule has 0 radical (unpaired) electrons. The predicted molar refractivity (Wildman–Crippen MR) is 123 cm³/mol. The number of halogens is 1. The Hall–Kier alpha value is 0.290. The van der Waals surface area contributed by atoms with Crippen LogP contribution in [-0.2, 0) is 0 Å². The van der Waals surface area contributed by atoms with Crippen LogP contribution in [0.25, 0.3) is 0 Å². The molecule has 4 fully saturated rings. The molecule has 4 aliphatic carbocycles. The zero-order chi connectivity index (χ0) is 19.9. The van der Waals surface area contributed by atoms with Crippen molar-refractivity contribution >= 4 is 11.6 Å². The van der Waals surface area contributed by atoms with Crippen LogP contribution in [0.2, 0.25) is 0 Å². The number of rotatable bonds is 6. The molecule has 0 bridgehead atoms. The maximum absolute atomic E-state index is 6.60. The van der Waals surface area contributed by atoms with E-state index in [4.69, 9.17) is 11.6 Å². The van der Waals surface area contributed by atoms with Gasteiger partial charge in [-0.3, -0.25) is 0 Å². The van der Waals surface area contributed by atoms with E-state index in [9.17, 15) is 0 Å². The third-order valence-corrected chi connectivity index (χ3v) is 11.3. The SMILES string of the molecule is CCCCCC[C@@H](C)[C@H]1CC[C@H]2[C@@H]3CC[C@H]4C[C@@H](Cl)CC[C@]4(C)[C@H]3CC[C@]12C. The first-order chi connectivity index (χ1) is 13.4. The highest BCUT2D eigenvalue weighted by molar-refractivity contribution is 6.20. The van der Waals surface area contributed by atoms with Crippen LogP contribution in [0, 0.1) is 46.3 Å². The van der Waals surface area contributed by atoms with E-state index < -0.39 is 0 Å². The summed E-state index contributed by atoms with van der Waals surface area (Å²) in [6, 6.07) is 0. The van der Waals surface area contributed by atoms with E-state index in [0.29, 0.717) is 16.2 Å². The highest BCUT2D eigenvalue weighted by atomic mass is 35.5. The van der Waals surface area contributed by atoms with Gasteiger partial charge >= 0.3 is 0 Å². The molecule has 0 N–H and O–H groups in total. The summed E-state index contributed by atoms with van der Waals surface area (Å²) in [5, 5.41) is 0.466. The third-order valence-electron chi connectivity index (χ3n) is 10.9. The summed E-state index contributed by atoms with van der Waals surface area (Å²) >= 11 is 6.60. The summed E-state index contributed by atoms with van der Waals surface area (Å²) in [4.78, 5) is 0. The van der Waals surface area contributed by atoms with Crippen LogP contribution in [-0.4, -0.2) is 5.38 Å². The van der Waals surface area contributed by atoms with Crippen LogP contribution in [0.5, 0.6) is 0 Å². The van der Waals surface area contributed by atoms with E-state index in [1.54, 1.807) is 6.42 Å². The van der Waals surface area contributed by atoms with E-state index in [-0.39, 0.29) is 0 Å². The lowest BCUT2D eigenvalue weighted by atomic mass is 9.44. The molecule has 0 unspecified atom stereocenters. The Morgan fingerprint density at radius 2 is 1.61 bits per heavy atom. The molecule has 0 aromatic heterocycles. The Balaban J connectivity index is 1.45. The van der Waals surface area contributed by atoms with Crippen LogP contribution in [0.4, 0.5) is 0 Å². The maximum Gasteiger partial charge on any atom is 0.0339 e. The number of hydrogen-bond donors (Lipinski definition) is 0. The molecule has 0 amide bonds. The number of hydrogen-bond acceptors (Lipinski definition) is 0. The van der Waals surface area contributed by atoms with E-state index in [1.807, 2.05) is 0 Å². The van der Waals surface area contributed by atoms with Crippen LogP contribution < -0.4 is 0 Å². The van der Waals surface area contributed by atoms with Gasteiger partial charge in [0.25, 0.3) is 0 Å². The topological polar surface area (TPSA) is 0 Å². The second-order valence-electron chi connectivity index (χ2n) is 12.1. The Labute approximate surface area is 181 Å². The van der Waals surface area contributed by atoms with Gasteiger partial charge in [-0.15, -0.1) is 11.6 Å². The Morgan fingerprint density at radius 3 is 2.39 bits per heavy atom. The zero-order valence-electron chi connectivity index (χ0n) is 19.3. The van der Waals surface area contributed by atoms with Crippen LogP contribution >= 0.6 is 11.6 Å². The van der Waals surface area contributed by atoms with Gasteiger partial charge in [0.05, 0.1) is 0 Å². The molecule has 0 saturated heterocycles. The minimum absolute atomic E-state index is 0.466. The fourth-order valence-electron chi connectivity index (χ4n) is 9.28. The Kier molecular flexibility index (Phi) is 6.48. The summed E-state index contributed by atoms with van der Waals surface area (Å²) in [7, 11) is 0. The summed E-state index contributed by atoms with van der Waals surface area (Å²) < 4.78 is 0. The third kappa shape index (κ3) is 3.61. The van der Waals surface area contributed by atoms with Gasteiger partial charge in [-0.2, -0.15) is 0 Å². The average molecular weight is 407 g/mol. The normalized spacial score (nSPS) is 49.2. The molecule has 28 heavy (non-hydrogen) atoms. The fraction of sp³-hybridized carbons (Fsp3) is 1.00. The molecule has 4 rings (SSSR count). The lowest BCUT2D eigenvalue weighted by Crippen LogP contribution is -2.53. The lowest BCUT2D eigenvalue weighted by molar-refractivity contribution is -0.113. The molecule has 0 heterocycles. The number of unbranched alkanes of at least 4 members (excludes halogenated alkanes) is 3. The minimum Gasteiger partial charge on any atom is -0.123 e. The minimum atomic E-state index is 0.466. The van der Waals surface area contributed by atoms with Gasteiger partial charge in [0.2, 0.25) is 0 Å². The largest absolute Gasteiger partial charge is 0.123 e. The van der Waals surface area contributed by atoms with E-state index in [0.717, 1.165) is 35.5 Å². The summed E-state index contributed by atoms with van der Waals surface area (Å²) in [6.45, 7) is 10.4. The highest BCUT2D eigenvalue weighted by Crippen LogP contribution is 2.68. The van der Waals surface area contributed by atoms with Crippen molar-refractivity contribution in [3.63, 3.8) is 0 Å². The van der Waals surface area contributed by atoms with Crippen molar-refractivity contribution < 1.29 is 0 Å². The molecule has 9 atom stereocenters. The Morgan fingerprint density at radius 1 is 0.857 bits per heavy atom. The molecule has 0 nitrogen and oxygen atoms in total. The van der Waals surface area contributed by atoms with E-state index in [1.165, 1.54) is 83.5 Å². The van der Waals surface area contributed by atoms with E-state index in [2.05, 4.69) is 27.7 Å². The van der Waals surface area contributed by atoms with Crippen molar-refractivity contribution in [3.05, 3.63) is 0 Å². The van der Waals surface area contributed by atoms with Crippen molar-refractivity contribution in [1.82, 2.24) is 0 Å². The van der Waals surface area contributed by atoms with Gasteiger partial charge in [-0.05, 0) is 104 Å². The van der Waals surface area contributed by atoms with Gasteiger partial charge in [0, 0.05) is 5.38 Å². The molecule has 0 aliphatic heterocycles. The molecule has 4 aliphatic rings. The quantitative estimate of drug-likeness (QED) is 0.305. The molecule has 4 saturated carbocycles. The Bertz CT molecular complexity index is 528. The molecular formula is C27H47Cl. The van der Waals surface area contributed by atoms with Crippen LogP contribution in [0.15, 0.2) is 0 Å². The second kappa shape index (κ2) is 8.43. The van der Waals surface area contributed by atoms with Gasteiger partial charge in [0.15, 0.2) is 0 Å². The number of fused-ring (bicyclic) bond motifs is 5. The number of alkyl halides is 1. The first-order valence-corrected chi connectivity index (χ1v) is 13.5. The zero-order valence-corrected chi connectivity index (χ0v) is 20.1. The first-order valence-electron chi connectivity index (χ1n) is 13.0. The lowest BCUT2D eigenvalue weighted by Gasteiger charge is -2.61. The first kappa shape index (κ1) is 21.5. The molecule has 0 aromatic carbocycles. The van der Waals surface area contributed by atoms with Crippen molar-refractivity contribution in [2.24, 2.45) is 46.3 Å². The maximum atomic E-state index is 6.60. The standard InChI is InChI=1S/C27H47Cl/c1-5-6-7-8-9-19(2)23-12-13-24-22-11-10-20-18-21(28)14-16-26(20,3)25(22)15-17-27(23,24)4/h19-25H,5-18H2,1-4H3/t19-,20+,21+,22+,23-,24+,25+,26+,27-/m1/s1. The average Bonchev–Trinajstić information content (AvgIpc) is 3.03. The van der Waals surface area contributed by atoms with E-state index >= 15 is 0 Å². The summed E-state index contributed by atoms with van der Waals surface area (Å²) in [5.74, 6) is 5.94.